The Hall–Kier alpha value is -8.34. The quantitative estimate of drug-likeness (QED) is 0.178. The van der Waals surface area contributed by atoms with Crippen LogP contribution in [0.2, 0.25) is 0 Å². The number of furan rings is 1. The largest absolute Gasteiger partial charge is 0.457 e. The fourth-order valence-electron chi connectivity index (χ4n) is 11.1. The number of rotatable bonds is 4. The van der Waals surface area contributed by atoms with Gasteiger partial charge in [-0.25, -0.2) is 0 Å². The van der Waals surface area contributed by atoms with Crippen molar-refractivity contribution in [3.8, 4) is 28.3 Å². The van der Waals surface area contributed by atoms with E-state index in [1.165, 1.54) is 49.3 Å². The number of hydrogen-bond donors (Lipinski definition) is 0. The Morgan fingerprint density at radius 1 is 0.381 bits per heavy atom. The number of benzene rings is 10. The first kappa shape index (κ1) is 34.4. The summed E-state index contributed by atoms with van der Waals surface area (Å²) >= 11 is 0. The zero-order valence-electron chi connectivity index (χ0n) is 34.0. The van der Waals surface area contributed by atoms with Gasteiger partial charge in [0.1, 0.15) is 22.7 Å². The van der Waals surface area contributed by atoms with Crippen molar-refractivity contribution in [2.45, 2.75) is 5.41 Å². The molecule has 1 unspecified atom stereocenters. The van der Waals surface area contributed by atoms with Crippen molar-refractivity contribution < 1.29 is 9.15 Å². The minimum Gasteiger partial charge on any atom is -0.457 e. The summed E-state index contributed by atoms with van der Waals surface area (Å²) < 4.78 is 15.7. The van der Waals surface area contributed by atoms with Crippen LogP contribution in [0.3, 0.4) is 0 Å². The van der Waals surface area contributed by atoms with Crippen LogP contribution in [0.5, 0.6) is 11.5 Å². The van der Waals surface area contributed by atoms with Crippen molar-refractivity contribution in [3.05, 3.63) is 241 Å². The van der Waals surface area contributed by atoms with Crippen LogP contribution < -0.4 is 9.64 Å². The first-order chi connectivity index (χ1) is 31.2. The maximum atomic E-state index is 6.97. The molecule has 0 saturated carbocycles. The van der Waals surface area contributed by atoms with E-state index in [0.717, 1.165) is 72.8 Å². The molecule has 10 aromatic carbocycles. The molecule has 3 heterocycles. The molecular weight excluding hydrogens is 769 g/mol. The van der Waals surface area contributed by atoms with Gasteiger partial charge in [0, 0.05) is 55.4 Å². The molecule has 0 N–H and O–H groups in total. The molecule has 0 radical (unpaired) electrons. The van der Waals surface area contributed by atoms with Gasteiger partial charge in [-0.15, -0.1) is 0 Å². The summed E-state index contributed by atoms with van der Waals surface area (Å²) in [5.41, 5.74) is 14.8. The number of hydrogen-bond acceptors (Lipinski definition) is 3. The molecule has 294 valence electrons. The zero-order valence-corrected chi connectivity index (χ0v) is 34.0. The predicted octanol–water partition coefficient (Wildman–Crippen LogP) is 15.8. The van der Waals surface area contributed by atoms with E-state index in [9.17, 15) is 0 Å². The number of nitrogens with zero attached hydrogens (tertiary/aromatic N) is 2. The molecule has 63 heavy (non-hydrogen) atoms. The fourth-order valence-corrected chi connectivity index (χ4v) is 11.1. The van der Waals surface area contributed by atoms with Crippen molar-refractivity contribution in [3.63, 3.8) is 0 Å². The van der Waals surface area contributed by atoms with Gasteiger partial charge in [0.15, 0.2) is 0 Å². The maximum absolute atomic E-state index is 6.97. The van der Waals surface area contributed by atoms with Crippen LogP contribution in [0.1, 0.15) is 22.3 Å². The third kappa shape index (κ3) is 4.69. The monoisotopic (exact) mass is 804 g/mol. The van der Waals surface area contributed by atoms with Crippen molar-refractivity contribution in [2.24, 2.45) is 0 Å². The molecule has 0 bridgehead atoms. The van der Waals surface area contributed by atoms with Gasteiger partial charge in [0.2, 0.25) is 0 Å². The Labute approximate surface area is 363 Å². The average molecular weight is 805 g/mol. The lowest BCUT2D eigenvalue weighted by Crippen LogP contribution is -2.36. The minimum absolute atomic E-state index is 0.676. The molecule has 0 fully saturated rings. The molecule has 4 nitrogen and oxygen atoms in total. The molecule has 2 aromatic heterocycles. The standard InChI is InChI=1S/C59H36N2O2/c1-2-16-38(17-3-1)61-52-25-9-5-19-43(52)44-31-28-41(36-53(44)61)60(39-29-32-55-47(34-39)45-20-6-10-26-54(45)62-55)40-30-33-57-51(35-40)59(49-23-8-11-27-56(49)63-57)48-22-7-4-18-42(48)46-21-12-14-37-15-13-24-50(59)58(37)46/h1-36H. The van der Waals surface area contributed by atoms with Gasteiger partial charge >= 0.3 is 0 Å². The Kier molecular flexibility index (Phi) is 7.01. The summed E-state index contributed by atoms with van der Waals surface area (Å²) in [6.07, 6.45) is 0. The van der Waals surface area contributed by atoms with Gasteiger partial charge < -0.3 is 18.6 Å². The molecular formula is C59H36N2O2. The Bertz CT molecular complexity index is 3850. The van der Waals surface area contributed by atoms with E-state index in [1.807, 2.05) is 12.1 Å². The lowest BCUT2D eigenvalue weighted by atomic mass is 9.58. The summed E-state index contributed by atoms with van der Waals surface area (Å²) in [4.78, 5) is 2.41. The lowest BCUT2D eigenvalue weighted by molar-refractivity contribution is 0.435. The molecule has 1 aliphatic carbocycles. The number of ether oxygens (including phenoxy) is 1. The topological polar surface area (TPSA) is 30.5 Å². The third-order valence-electron chi connectivity index (χ3n) is 13.6. The first-order valence-corrected chi connectivity index (χ1v) is 21.6. The molecule has 2 aliphatic rings. The van der Waals surface area contributed by atoms with Crippen molar-refractivity contribution >= 4 is 71.6 Å². The second-order valence-electron chi connectivity index (χ2n) is 16.8. The van der Waals surface area contributed by atoms with Crippen molar-refractivity contribution in [1.29, 1.82) is 0 Å². The molecule has 1 atom stereocenters. The zero-order chi connectivity index (χ0) is 41.2. The van der Waals surface area contributed by atoms with Crippen molar-refractivity contribution in [1.82, 2.24) is 4.57 Å². The van der Waals surface area contributed by atoms with Gasteiger partial charge in [0.25, 0.3) is 0 Å². The second-order valence-corrected chi connectivity index (χ2v) is 16.8. The van der Waals surface area contributed by atoms with Crippen LogP contribution in [0.4, 0.5) is 17.1 Å². The van der Waals surface area contributed by atoms with Gasteiger partial charge in [-0.2, -0.15) is 0 Å². The maximum Gasteiger partial charge on any atom is 0.135 e. The van der Waals surface area contributed by atoms with Crippen LogP contribution in [-0.2, 0) is 5.41 Å². The average Bonchev–Trinajstić information content (AvgIpc) is 3.88. The smallest absolute Gasteiger partial charge is 0.135 e. The van der Waals surface area contributed by atoms with Gasteiger partial charge in [-0.1, -0.05) is 140 Å². The first-order valence-electron chi connectivity index (χ1n) is 21.6. The number of fused-ring (bicyclic) bond motifs is 14. The highest BCUT2D eigenvalue weighted by molar-refractivity contribution is 6.11. The number of aromatic nitrogens is 1. The van der Waals surface area contributed by atoms with Crippen LogP contribution in [0.15, 0.2) is 223 Å². The van der Waals surface area contributed by atoms with Crippen molar-refractivity contribution in [2.75, 3.05) is 4.90 Å². The number of anilines is 3. The summed E-state index contributed by atoms with van der Waals surface area (Å²) in [6.45, 7) is 0. The van der Waals surface area contributed by atoms with E-state index >= 15 is 0 Å². The van der Waals surface area contributed by atoms with E-state index in [1.54, 1.807) is 0 Å². The number of para-hydroxylation sites is 4. The van der Waals surface area contributed by atoms with Gasteiger partial charge in [-0.3, -0.25) is 0 Å². The lowest BCUT2D eigenvalue weighted by Gasteiger charge is -2.45. The Morgan fingerprint density at radius 3 is 1.94 bits per heavy atom. The molecule has 1 aliphatic heterocycles. The highest BCUT2D eigenvalue weighted by atomic mass is 16.5. The Balaban J connectivity index is 1.08. The summed E-state index contributed by atoms with van der Waals surface area (Å²) in [5, 5.41) is 7.09. The summed E-state index contributed by atoms with van der Waals surface area (Å²) in [7, 11) is 0. The van der Waals surface area contributed by atoms with Crippen LogP contribution in [0.25, 0.3) is 71.3 Å². The van der Waals surface area contributed by atoms with Crippen LogP contribution in [-0.4, -0.2) is 4.57 Å². The predicted molar refractivity (Wildman–Crippen MR) is 258 cm³/mol. The summed E-state index contributed by atoms with van der Waals surface area (Å²) in [5.74, 6) is 1.72. The highest BCUT2D eigenvalue weighted by Crippen LogP contribution is 2.62. The summed E-state index contributed by atoms with van der Waals surface area (Å²) in [6, 6.07) is 79.1. The molecule has 12 aromatic rings. The van der Waals surface area contributed by atoms with E-state index in [4.69, 9.17) is 9.15 Å². The SMILES string of the molecule is c1ccc(-n2c3ccccc3c3ccc(N(c4ccc5c(c4)C4(c6ccccc6O5)c5ccccc5-c5cccc6cccc4c56)c4ccc5oc6ccccc6c5c4)cc32)cc1. The van der Waals surface area contributed by atoms with E-state index < -0.39 is 5.41 Å². The minimum atomic E-state index is -0.676. The molecule has 1 spiro atoms. The fraction of sp³-hybridized carbons (Fsp3) is 0.0169. The second kappa shape index (κ2) is 12.8. The molecule has 0 saturated heterocycles. The third-order valence-corrected chi connectivity index (χ3v) is 13.6. The van der Waals surface area contributed by atoms with Gasteiger partial charge in [0.05, 0.1) is 16.4 Å². The van der Waals surface area contributed by atoms with E-state index in [0.29, 0.717) is 0 Å². The van der Waals surface area contributed by atoms with Gasteiger partial charge in [-0.05, 0) is 112 Å². The molecule has 0 amide bonds. The Morgan fingerprint density at radius 2 is 1.02 bits per heavy atom. The van der Waals surface area contributed by atoms with E-state index in [2.05, 4.69) is 216 Å². The van der Waals surface area contributed by atoms with Crippen LogP contribution in [0, 0.1) is 0 Å². The highest BCUT2D eigenvalue weighted by Gasteiger charge is 2.49. The van der Waals surface area contributed by atoms with Crippen LogP contribution >= 0.6 is 0 Å². The normalized spacial score (nSPS) is 14.9. The molecule has 14 rings (SSSR count). The van der Waals surface area contributed by atoms with E-state index in [-0.39, 0.29) is 0 Å². The molecule has 4 heteroatoms.